The highest BCUT2D eigenvalue weighted by Crippen LogP contribution is 2.30. The number of amides is 1. The minimum atomic E-state index is -1.16. The molecule has 0 radical (unpaired) electrons. The van der Waals surface area contributed by atoms with E-state index in [0.29, 0.717) is 11.7 Å². The van der Waals surface area contributed by atoms with Gasteiger partial charge >= 0.3 is 12.1 Å². The van der Waals surface area contributed by atoms with Crippen LogP contribution in [0.15, 0.2) is 65.3 Å². The van der Waals surface area contributed by atoms with E-state index in [-0.39, 0.29) is 24.3 Å². The maximum absolute atomic E-state index is 12.9. The van der Waals surface area contributed by atoms with Crippen LogP contribution in [0.25, 0.3) is 0 Å². The van der Waals surface area contributed by atoms with E-state index in [9.17, 15) is 9.59 Å². The van der Waals surface area contributed by atoms with Gasteiger partial charge in [0.1, 0.15) is 18.1 Å². The summed E-state index contributed by atoms with van der Waals surface area (Å²) >= 11 is 0. The molecule has 3 aliphatic rings. The molecule has 2 bridgehead atoms. The van der Waals surface area contributed by atoms with Gasteiger partial charge in [0, 0.05) is 6.54 Å². The zero-order chi connectivity index (χ0) is 24.2. The quantitative estimate of drug-likeness (QED) is 0.503. The minimum Gasteiger partial charge on any atom is -0.484 e. The molecule has 3 aromatic rings. The molecule has 2 atom stereocenters. The number of alkyl carbamates (subject to hydrolysis) is 1. The second kappa shape index (κ2) is 10.2. The van der Waals surface area contributed by atoms with Crippen LogP contribution in [0, 0.1) is 5.92 Å². The summed E-state index contributed by atoms with van der Waals surface area (Å²) in [7, 11) is 0. The van der Waals surface area contributed by atoms with Gasteiger partial charge in [-0.3, -0.25) is 4.90 Å². The summed E-state index contributed by atoms with van der Waals surface area (Å²) in [5.74, 6) is -0.0453. The molecule has 0 spiro atoms. The van der Waals surface area contributed by atoms with Crippen LogP contribution in [0.5, 0.6) is 5.75 Å². The predicted octanol–water partition coefficient (Wildman–Crippen LogP) is 3.86. The Morgan fingerprint density at radius 2 is 1.89 bits per heavy atom. The van der Waals surface area contributed by atoms with E-state index in [1.54, 1.807) is 6.07 Å². The Morgan fingerprint density at radius 3 is 2.57 bits per heavy atom. The topological polar surface area (TPSA) is 114 Å². The first-order chi connectivity index (χ1) is 17.0. The number of hydrogen-bond donors (Lipinski definition) is 2. The van der Waals surface area contributed by atoms with Gasteiger partial charge in [0.2, 0.25) is 5.89 Å². The SMILES string of the molecule is O=C(N[C@@H](c1ccccc1)c1cccc(OCc2nc(C(=O)O)co2)c1)OC1CN2CCC1CC2. The van der Waals surface area contributed by atoms with E-state index in [2.05, 4.69) is 15.2 Å². The average Bonchev–Trinajstić information content (AvgIpc) is 3.37. The van der Waals surface area contributed by atoms with Crippen molar-refractivity contribution in [2.45, 2.75) is 31.6 Å². The van der Waals surface area contributed by atoms with Gasteiger partial charge in [0.25, 0.3) is 0 Å². The van der Waals surface area contributed by atoms with Crippen molar-refractivity contribution in [1.29, 1.82) is 0 Å². The molecule has 9 heteroatoms. The average molecular weight is 478 g/mol. The Balaban J connectivity index is 1.29. The lowest BCUT2D eigenvalue weighted by Crippen LogP contribution is -2.52. The number of carboxylic acid groups (broad SMARTS) is 1. The molecule has 1 aromatic heterocycles. The molecular formula is C26H27N3O6. The molecule has 2 N–H and O–H groups in total. The maximum Gasteiger partial charge on any atom is 0.408 e. The fraction of sp³-hybridized carbons (Fsp3) is 0.346. The third kappa shape index (κ3) is 5.46. The number of nitrogens with zero attached hydrogens (tertiary/aromatic N) is 2. The number of rotatable bonds is 8. The fourth-order valence-corrected chi connectivity index (χ4v) is 4.74. The summed E-state index contributed by atoms with van der Waals surface area (Å²) in [6.45, 7) is 2.93. The molecule has 0 aliphatic carbocycles. The summed E-state index contributed by atoms with van der Waals surface area (Å²) in [5, 5.41) is 12.0. The number of carboxylic acids is 1. The van der Waals surface area contributed by atoms with Crippen molar-refractivity contribution in [2.75, 3.05) is 19.6 Å². The van der Waals surface area contributed by atoms with Crippen LogP contribution < -0.4 is 10.1 Å². The number of ether oxygens (including phenoxy) is 2. The van der Waals surface area contributed by atoms with E-state index >= 15 is 0 Å². The number of carbonyl (C=O) groups is 2. The van der Waals surface area contributed by atoms with Crippen LogP contribution in [-0.4, -0.2) is 52.8 Å². The highest BCUT2D eigenvalue weighted by atomic mass is 16.6. The standard InChI is InChI=1S/C26H27N3O6/c30-25(31)21-15-34-23(27-21)16-33-20-8-4-7-19(13-20)24(18-5-2-1-3-6-18)28-26(32)35-22-14-29-11-9-17(22)10-12-29/h1-8,13,15,17,22,24H,9-12,14,16H2,(H,28,32)(H,30,31)/t22?,24-/m0/s1. The van der Waals surface area contributed by atoms with Crippen LogP contribution in [0.4, 0.5) is 4.79 Å². The van der Waals surface area contributed by atoms with Gasteiger partial charge in [0.15, 0.2) is 12.3 Å². The monoisotopic (exact) mass is 477 g/mol. The van der Waals surface area contributed by atoms with Crippen molar-refractivity contribution in [3.05, 3.63) is 83.6 Å². The summed E-state index contributed by atoms with van der Waals surface area (Å²) < 4.78 is 16.8. The van der Waals surface area contributed by atoms with E-state index in [4.69, 9.17) is 19.0 Å². The summed E-state index contributed by atoms with van der Waals surface area (Å²) in [5.41, 5.74) is 1.56. The molecule has 4 heterocycles. The number of benzene rings is 2. The molecule has 2 aromatic carbocycles. The number of hydrogen-bond acceptors (Lipinski definition) is 7. The first-order valence-electron chi connectivity index (χ1n) is 11.7. The largest absolute Gasteiger partial charge is 0.484 e. The third-order valence-electron chi connectivity index (χ3n) is 6.57. The lowest BCUT2D eigenvalue weighted by atomic mass is 9.86. The van der Waals surface area contributed by atoms with E-state index in [1.165, 1.54) is 0 Å². The predicted molar refractivity (Wildman–Crippen MR) is 125 cm³/mol. The molecular weight excluding hydrogens is 450 g/mol. The second-order valence-corrected chi connectivity index (χ2v) is 8.86. The van der Waals surface area contributed by atoms with Gasteiger partial charge in [0.05, 0.1) is 6.04 Å². The Bertz CT molecular complexity index is 1170. The molecule has 1 unspecified atom stereocenters. The molecule has 3 aliphatic heterocycles. The summed E-state index contributed by atoms with van der Waals surface area (Å²) in [6, 6.07) is 16.6. The minimum absolute atomic E-state index is 0.0260. The van der Waals surface area contributed by atoms with Crippen LogP contribution >= 0.6 is 0 Å². The highest BCUT2D eigenvalue weighted by molar-refractivity contribution is 5.84. The van der Waals surface area contributed by atoms with E-state index in [0.717, 1.165) is 49.9 Å². The van der Waals surface area contributed by atoms with Crippen molar-refractivity contribution in [2.24, 2.45) is 5.92 Å². The van der Waals surface area contributed by atoms with Crippen molar-refractivity contribution in [3.63, 3.8) is 0 Å². The lowest BCUT2D eigenvalue weighted by Gasteiger charge is -2.43. The normalized spacial score (nSPS) is 21.8. The van der Waals surface area contributed by atoms with Crippen LogP contribution in [0.2, 0.25) is 0 Å². The Kier molecular flexibility index (Phi) is 6.67. The molecule has 182 valence electrons. The maximum atomic E-state index is 12.9. The number of nitrogens with one attached hydrogen (secondary N) is 1. The molecule has 1 amide bonds. The third-order valence-corrected chi connectivity index (χ3v) is 6.57. The lowest BCUT2D eigenvalue weighted by molar-refractivity contribution is -0.0336. The Morgan fingerprint density at radius 1 is 1.11 bits per heavy atom. The van der Waals surface area contributed by atoms with Crippen LogP contribution in [0.1, 0.15) is 46.4 Å². The first kappa shape index (κ1) is 22.9. The van der Waals surface area contributed by atoms with Crippen LogP contribution in [0.3, 0.4) is 0 Å². The van der Waals surface area contributed by atoms with Gasteiger partial charge in [-0.15, -0.1) is 0 Å². The molecule has 6 rings (SSSR count). The van der Waals surface area contributed by atoms with Gasteiger partial charge in [-0.05, 0) is 55.1 Å². The van der Waals surface area contributed by atoms with Crippen LogP contribution in [-0.2, 0) is 11.3 Å². The van der Waals surface area contributed by atoms with Crippen molar-refractivity contribution in [3.8, 4) is 5.75 Å². The molecule has 35 heavy (non-hydrogen) atoms. The van der Waals surface area contributed by atoms with Gasteiger partial charge in [-0.1, -0.05) is 42.5 Å². The smallest absolute Gasteiger partial charge is 0.408 e. The molecule has 3 saturated heterocycles. The summed E-state index contributed by atoms with van der Waals surface area (Å²) in [6.07, 6.45) is 2.69. The number of aromatic nitrogens is 1. The number of fused-ring (bicyclic) bond motifs is 3. The fourth-order valence-electron chi connectivity index (χ4n) is 4.74. The molecule has 3 fully saturated rings. The first-order valence-corrected chi connectivity index (χ1v) is 11.7. The number of carbonyl (C=O) groups excluding carboxylic acids is 1. The van der Waals surface area contributed by atoms with Crippen molar-refractivity contribution in [1.82, 2.24) is 15.2 Å². The number of oxazole rings is 1. The van der Waals surface area contributed by atoms with Gasteiger partial charge < -0.3 is 24.3 Å². The zero-order valence-corrected chi connectivity index (χ0v) is 19.1. The highest BCUT2D eigenvalue weighted by Gasteiger charge is 2.36. The van der Waals surface area contributed by atoms with E-state index in [1.807, 2.05) is 48.5 Å². The zero-order valence-electron chi connectivity index (χ0n) is 19.1. The number of piperidine rings is 3. The molecule has 9 nitrogen and oxygen atoms in total. The second-order valence-electron chi connectivity index (χ2n) is 8.86. The van der Waals surface area contributed by atoms with Gasteiger partial charge in [-0.25, -0.2) is 14.6 Å². The van der Waals surface area contributed by atoms with E-state index < -0.39 is 18.1 Å². The number of aromatic carboxylic acids is 1. The van der Waals surface area contributed by atoms with Crippen molar-refractivity contribution < 1.29 is 28.6 Å². The Hall–Kier alpha value is -3.85. The van der Waals surface area contributed by atoms with Crippen molar-refractivity contribution >= 4 is 12.1 Å². The Labute approximate surface area is 202 Å². The van der Waals surface area contributed by atoms with Gasteiger partial charge in [-0.2, -0.15) is 0 Å². The molecule has 0 saturated carbocycles. The summed E-state index contributed by atoms with van der Waals surface area (Å²) in [4.78, 5) is 30.2.